The molecule has 128 valence electrons. The van der Waals surface area contributed by atoms with Gasteiger partial charge in [0.1, 0.15) is 0 Å². The Hall–Kier alpha value is -2.05. The molecule has 6 heteroatoms. The van der Waals surface area contributed by atoms with Gasteiger partial charge in [-0.15, -0.1) is 0 Å². The lowest BCUT2D eigenvalue weighted by Gasteiger charge is -2.17. The van der Waals surface area contributed by atoms with Gasteiger partial charge in [0.2, 0.25) is 0 Å². The Kier molecular flexibility index (Phi) is 6.23. The SMILES string of the molecule is CC(C)(C)S(=O)NCCC=Cc1cc(-c2ccncc2N)ccn1. The summed E-state index contributed by atoms with van der Waals surface area (Å²) in [4.78, 5) is 8.35. The number of hydrogen-bond donors (Lipinski definition) is 2. The molecule has 0 saturated carbocycles. The largest absolute Gasteiger partial charge is 0.397 e. The van der Waals surface area contributed by atoms with Crippen LogP contribution in [0.4, 0.5) is 5.69 Å². The molecule has 2 heterocycles. The molecule has 0 bridgehead atoms. The second-order valence-electron chi connectivity index (χ2n) is 6.40. The first-order chi connectivity index (χ1) is 11.4. The number of rotatable bonds is 6. The van der Waals surface area contributed by atoms with Crippen LogP contribution < -0.4 is 10.5 Å². The van der Waals surface area contributed by atoms with Crippen LogP contribution in [0.2, 0.25) is 0 Å². The second-order valence-corrected chi connectivity index (χ2v) is 8.45. The van der Waals surface area contributed by atoms with Crippen molar-refractivity contribution in [2.24, 2.45) is 0 Å². The van der Waals surface area contributed by atoms with Gasteiger partial charge in [-0.25, -0.2) is 8.93 Å². The van der Waals surface area contributed by atoms with Crippen LogP contribution >= 0.6 is 0 Å². The average Bonchev–Trinajstić information content (AvgIpc) is 2.54. The molecule has 2 aromatic rings. The number of nitrogens with zero attached hydrogens (tertiary/aromatic N) is 2. The minimum absolute atomic E-state index is 0.246. The Morgan fingerprint density at radius 3 is 2.79 bits per heavy atom. The van der Waals surface area contributed by atoms with Gasteiger partial charge in [0.15, 0.2) is 0 Å². The second kappa shape index (κ2) is 8.17. The van der Waals surface area contributed by atoms with Crippen molar-refractivity contribution in [3.8, 4) is 11.1 Å². The summed E-state index contributed by atoms with van der Waals surface area (Å²) in [7, 11) is -1.04. The van der Waals surface area contributed by atoms with Gasteiger partial charge in [-0.2, -0.15) is 0 Å². The quantitative estimate of drug-likeness (QED) is 0.789. The molecule has 0 aliphatic carbocycles. The molecular formula is C18H24N4OS. The van der Waals surface area contributed by atoms with E-state index in [4.69, 9.17) is 5.73 Å². The van der Waals surface area contributed by atoms with E-state index in [0.29, 0.717) is 12.2 Å². The van der Waals surface area contributed by atoms with Gasteiger partial charge < -0.3 is 5.73 Å². The third kappa shape index (κ3) is 5.25. The van der Waals surface area contributed by atoms with Crippen molar-refractivity contribution >= 4 is 22.7 Å². The van der Waals surface area contributed by atoms with E-state index in [1.807, 2.05) is 51.1 Å². The van der Waals surface area contributed by atoms with Crippen molar-refractivity contribution in [1.82, 2.24) is 14.7 Å². The Morgan fingerprint density at radius 2 is 2.08 bits per heavy atom. The van der Waals surface area contributed by atoms with Crippen LogP contribution in [0.15, 0.2) is 42.9 Å². The third-order valence-corrected chi connectivity index (χ3v) is 4.91. The van der Waals surface area contributed by atoms with Gasteiger partial charge in [0.05, 0.1) is 33.3 Å². The van der Waals surface area contributed by atoms with E-state index in [1.54, 1.807) is 18.6 Å². The van der Waals surface area contributed by atoms with E-state index in [2.05, 4.69) is 14.7 Å². The molecule has 0 radical (unpaired) electrons. The number of nitrogens with one attached hydrogen (secondary N) is 1. The van der Waals surface area contributed by atoms with E-state index in [-0.39, 0.29) is 4.75 Å². The first kappa shape index (κ1) is 18.3. The number of pyridine rings is 2. The first-order valence-electron chi connectivity index (χ1n) is 7.86. The average molecular weight is 344 g/mol. The molecule has 2 rings (SSSR count). The molecular weight excluding hydrogens is 320 g/mol. The Morgan fingerprint density at radius 1 is 1.29 bits per heavy atom. The lowest BCUT2D eigenvalue weighted by molar-refractivity contribution is 0.635. The standard InChI is InChI=1S/C18H24N4OS/c1-18(2,3)24(23)22-9-5-4-6-15-12-14(7-11-21-15)16-8-10-20-13-17(16)19/h4,6-8,10-13,22H,5,9,19H2,1-3H3. The number of nitrogens with two attached hydrogens (primary N) is 1. The van der Waals surface area contributed by atoms with Gasteiger partial charge in [-0.1, -0.05) is 6.08 Å². The summed E-state index contributed by atoms with van der Waals surface area (Å²) in [6.07, 6.45) is 9.90. The van der Waals surface area contributed by atoms with Crippen molar-refractivity contribution in [3.05, 3.63) is 48.6 Å². The highest BCUT2D eigenvalue weighted by Gasteiger charge is 2.18. The summed E-state index contributed by atoms with van der Waals surface area (Å²) in [5.41, 5.74) is 9.43. The van der Waals surface area contributed by atoms with Crippen molar-refractivity contribution in [2.75, 3.05) is 12.3 Å². The molecule has 0 aliphatic heterocycles. The molecule has 2 aromatic heterocycles. The monoisotopic (exact) mass is 344 g/mol. The number of hydrogen-bond acceptors (Lipinski definition) is 4. The lowest BCUT2D eigenvalue weighted by atomic mass is 10.1. The predicted octanol–water partition coefficient (Wildman–Crippen LogP) is 3.18. The van der Waals surface area contributed by atoms with Crippen LogP contribution in [-0.4, -0.2) is 25.5 Å². The zero-order valence-corrected chi connectivity index (χ0v) is 15.1. The summed E-state index contributed by atoms with van der Waals surface area (Å²) in [6.45, 7) is 6.52. The number of nitrogen functional groups attached to an aromatic ring is 1. The highest BCUT2D eigenvalue weighted by Crippen LogP contribution is 2.24. The van der Waals surface area contributed by atoms with E-state index in [1.165, 1.54) is 0 Å². The van der Waals surface area contributed by atoms with E-state index >= 15 is 0 Å². The van der Waals surface area contributed by atoms with Crippen LogP contribution in [0.5, 0.6) is 0 Å². The predicted molar refractivity (Wildman–Crippen MR) is 101 cm³/mol. The summed E-state index contributed by atoms with van der Waals surface area (Å²) in [5, 5.41) is 0. The van der Waals surface area contributed by atoms with E-state index in [9.17, 15) is 4.21 Å². The highest BCUT2D eigenvalue weighted by atomic mass is 32.2. The topological polar surface area (TPSA) is 80.9 Å². The van der Waals surface area contributed by atoms with E-state index < -0.39 is 11.0 Å². The molecule has 24 heavy (non-hydrogen) atoms. The van der Waals surface area contributed by atoms with Gasteiger partial charge in [0, 0.05) is 24.5 Å². The minimum Gasteiger partial charge on any atom is -0.397 e. The van der Waals surface area contributed by atoms with Crippen molar-refractivity contribution in [2.45, 2.75) is 31.9 Å². The smallest absolute Gasteiger partial charge is 0.0970 e. The normalized spacial score (nSPS) is 13.3. The molecule has 1 unspecified atom stereocenters. The van der Waals surface area contributed by atoms with Gasteiger partial charge in [-0.05, 0) is 57.0 Å². The molecule has 0 fully saturated rings. The van der Waals surface area contributed by atoms with Crippen LogP contribution in [0, 0.1) is 0 Å². The number of anilines is 1. The van der Waals surface area contributed by atoms with Crippen LogP contribution in [0.1, 0.15) is 32.9 Å². The zero-order valence-electron chi connectivity index (χ0n) is 14.3. The molecule has 0 aliphatic rings. The van der Waals surface area contributed by atoms with Crippen LogP contribution in [-0.2, 0) is 11.0 Å². The maximum Gasteiger partial charge on any atom is 0.0970 e. The Bertz CT molecular complexity index is 738. The fourth-order valence-electron chi connectivity index (χ4n) is 2.03. The zero-order chi connectivity index (χ0) is 17.6. The third-order valence-electron chi connectivity index (χ3n) is 3.33. The van der Waals surface area contributed by atoms with Crippen LogP contribution in [0.25, 0.3) is 17.2 Å². The van der Waals surface area contributed by atoms with Crippen molar-refractivity contribution in [3.63, 3.8) is 0 Å². The maximum atomic E-state index is 11.9. The van der Waals surface area contributed by atoms with Gasteiger partial charge in [-0.3, -0.25) is 9.97 Å². The Balaban J connectivity index is 1.95. The Labute approximate surface area is 146 Å². The molecule has 0 aromatic carbocycles. The van der Waals surface area contributed by atoms with Crippen molar-refractivity contribution in [1.29, 1.82) is 0 Å². The minimum atomic E-state index is -1.04. The highest BCUT2D eigenvalue weighted by molar-refractivity contribution is 7.84. The maximum absolute atomic E-state index is 11.9. The fourth-order valence-corrected chi connectivity index (χ4v) is 2.77. The molecule has 1 atom stereocenters. The van der Waals surface area contributed by atoms with Crippen molar-refractivity contribution < 1.29 is 4.21 Å². The lowest BCUT2D eigenvalue weighted by Crippen LogP contribution is -2.33. The summed E-state index contributed by atoms with van der Waals surface area (Å²) >= 11 is 0. The fraction of sp³-hybridized carbons (Fsp3) is 0.333. The molecule has 0 amide bonds. The van der Waals surface area contributed by atoms with Crippen LogP contribution in [0.3, 0.4) is 0 Å². The van der Waals surface area contributed by atoms with Gasteiger partial charge >= 0.3 is 0 Å². The molecule has 5 nitrogen and oxygen atoms in total. The summed E-state index contributed by atoms with van der Waals surface area (Å²) < 4.78 is 14.7. The molecule has 0 spiro atoms. The summed E-state index contributed by atoms with van der Waals surface area (Å²) in [5.74, 6) is 0. The number of aromatic nitrogens is 2. The first-order valence-corrected chi connectivity index (χ1v) is 9.01. The van der Waals surface area contributed by atoms with Gasteiger partial charge in [0.25, 0.3) is 0 Å². The van der Waals surface area contributed by atoms with E-state index in [0.717, 1.165) is 23.2 Å². The summed E-state index contributed by atoms with van der Waals surface area (Å²) in [6, 6.07) is 5.81. The molecule has 0 saturated heterocycles. The molecule has 3 N–H and O–H groups in total.